The molecule has 2 nitrogen and oxygen atoms in total. The number of halogens is 1. The standard InChI is InChI=1S/C12H9FO2S/c1-8(14)11-6-7-12(15-11)16-10-4-2-9(13)3-5-10/h2-7H,1H3. The van der Waals surface area contributed by atoms with Crippen LogP contribution in [0.15, 0.2) is 50.8 Å². The highest BCUT2D eigenvalue weighted by atomic mass is 32.2. The molecule has 1 aromatic carbocycles. The average Bonchev–Trinajstić information content (AvgIpc) is 2.70. The van der Waals surface area contributed by atoms with Crippen LogP contribution >= 0.6 is 11.8 Å². The SMILES string of the molecule is CC(=O)c1ccc(Sc2ccc(F)cc2)o1. The summed E-state index contributed by atoms with van der Waals surface area (Å²) in [4.78, 5) is 11.9. The fourth-order valence-electron chi connectivity index (χ4n) is 1.18. The number of benzene rings is 1. The molecule has 0 spiro atoms. The van der Waals surface area contributed by atoms with E-state index in [0.29, 0.717) is 10.9 Å². The quantitative estimate of drug-likeness (QED) is 0.760. The molecule has 0 fully saturated rings. The molecular formula is C12H9FO2S. The number of hydrogen-bond donors (Lipinski definition) is 0. The van der Waals surface area contributed by atoms with E-state index in [-0.39, 0.29) is 11.6 Å². The molecular weight excluding hydrogens is 227 g/mol. The van der Waals surface area contributed by atoms with Gasteiger partial charge < -0.3 is 4.42 Å². The van der Waals surface area contributed by atoms with Crippen LogP contribution in [0.1, 0.15) is 17.5 Å². The zero-order chi connectivity index (χ0) is 11.5. The van der Waals surface area contributed by atoms with Crippen molar-refractivity contribution in [2.45, 2.75) is 16.9 Å². The Morgan fingerprint density at radius 1 is 1.19 bits per heavy atom. The number of furan rings is 1. The molecule has 1 heterocycles. The molecule has 16 heavy (non-hydrogen) atoms. The second-order valence-corrected chi connectivity index (χ2v) is 4.31. The highest BCUT2D eigenvalue weighted by molar-refractivity contribution is 7.99. The van der Waals surface area contributed by atoms with Crippen molar-refractivity contribution >= 4 is 17.5 Å². The Labute approximate surface area is 96.5 Å². The number of hydrogen-bond acceptors (Lipinski definition) is 3. The van der Waals surface area contributed by atoms with Crippen molar-refractivity contribution < 1.29 is 13.6 Å². The molecule has 0 bridgehead atoms. The first kappa shape index (κ1) is 11.0. The van der Waals surface area contributed by atoms with Crippen LogP contribution < -0.4 is 0 Å². The van der Waals surface area contributed by atoms with Gasteiger partial charge in [-0.3, -0.25) is 4.79 Å². The van der Waals surface area contributed by atoms with Crippen LogP contribution in [0.25, 0.3) is 0 Å². The summed E-state index contributed by atoms with van der Waals surface area (Å²) in [6.45, 7) is 1.45. The zero-order valence-corrected chi connectivity index (χ0v) is 9.38. The second kappa shape index (κ2) is 4.53. The smallest absolute Gasteiger partial charge is 0.194 e. The molecule has 4 heteroatoms. The zero-order valence-electron chi connectivity index (χ0n) is 8.57. The minimum Gasteiger partial charge on any atom is -0.446 e. The van der Waals surface area contributed by atoms with Crippen LogP contribution in [-0.4, -0.2) is 5.78 Å². The van der Waals surface area contributed by atoms with Gasteiger partial charge in [0, 0.05) is 11.8 Å². The largest absolute Gasteiger partial charge is 0.446 e. The first-order valence-corrected chi connectivity index (χ1v) is 5.51. The van der Waals surface area contributed by atoms with Crippen LogP contribution in [0, 0.1) is 5.82 Å². The first-order valence-electron chi connectivity index (χ1n) is 4.69. The summed E-state index contributed by atoms with van der Waals surface area (Å²) in [5.41, 5.74) is 0. The highest BCUT2D eigenvalue weighted by Gasteiger charge is 2.07. The van der Waals surface area contributed by atoms with Crippen molar-refractivity contribution in [3.63, 3.8) is 0 Å². The molecule has 0 saturated carbocycles. The van der Waals surface area contributed by atoms with Crippen molar-refractivity contribution in [2.75, 3.05) is 0 Å². The lowest BCUT2D eigenvalue weighted by atomic mass is 10.3. The highest BCUT2D eigenvalue weighted by Crippen LogP contribution is 2.29. The van der Waals surface area contributed by atoms with Crippen molar-refractivity contribution in [1.29, 1.82) is 0 Å². The Morgan fingerprint density at radius 3 is 2.44 bits per heavy atom. The normalized spacial score (nSPS) is 10.4. The number of carbonyl (C=O) groups is 1. The van der Waals surface area contributed by atoms with Gasteiger partial charge in [-0.15, -0.1) is 0 Å². The maximum Gasteiger partial charge on any atom is 0.194 e. The van der Waals surface area contributed by atoms with Gasteiger partial charge in [0.25, 0.3) is 0 Å². The van der Waals surface area contributed by atoms with E-state index in [4.69, 9.17) is 4.42 Å². The van der Waals surface area contributed by atoms with Gasteiger partial charge in [0.2, 0.25) is 0 Å². The van der Waals surface area contributed by atoms with E-state index in [9.17, 15) is 9.18 Å². The summed E-state index contributed by atoms with van der Waals surface area (Å²) in [7, 11) is 0. The summed E-state index contributed by atoms with van der Waals surface area (Å²) in [5, 5.41) is 0.622. The van der Waals surface area contributed by atoms with Crippen LogP contribution in [0.3, 0.4) is 0 Å². The molecule has 0 radical (unpaired) electrons. The third kappa shape index (κ3) is 2.52. The summed E-state index contributed by atoms with van der Waals surface area (Å²) in [5.74, 6) is -0.0382. The van der Waals surface area contributed by atoms with Gasteiger partial charge in [-0.25, -0.2) is 4.39 Å². The van der Waals surface area contributed by atoms with Gasteiger partial charge in [-0.05, 0) is 36.4 Å². The van der Waals surface area contributed by atoms with Crippen molar-refractivity contribution in [3.05, 3.63) is 48.0 Å². The molecule has 0 aliphatic heterocycles. The third-order valence-corrected chi connectivity index (χ3v) is 2.89. The van der Waals surface area contributed by atoms with E-state index in [1.165, 1.54) is 30.8 Å². The van der Waals surface area contributed by atoms with Gasteiger partial charge in [0.05, 0.1) is 0 Å². The fraction of sp³-hybridized carbons (Fsp3) is 0.0833. The lowest BCUT2D eigenvalue weighted by molar-refractivity contribution is 0.0982. The topological polar surface area (TPSA) is 30.2 Å². The van der Waals surface area contributed by atoms with E-state index in [1.54, 1.807) is 24.3 Å². The Kier molecular flexibility index (Phi) is 3.10. The Balaban J connectivity index is 2.14. The van der Waals surface area contributed by atoms with Gasteiger partial charge in [0.15, 0.2) is 16.6 Å². The lowest BCUT2D eigenvalue weighted by Crippen LogP contribution is -1.85. The predicted octanol–water partition coefficient (Wildman–Crippen LogP) is 3.77. The first-order chi connectivity index (χ1) is 7.65. The summed E-state index contributed by atoms with van der Waals surface area (Å²) < 4.78 is 18.0. The molecule has 0 aliphatic rings. The van der Waals surface area contributed by atoms with Crippen molar-refractivity contribution in [1.82, 2.24) is 0 Å². The number of carbonyl (C=O) groups excluding carboxylic acids is 1. The second-order valence-electron chi connectivity index (χ2n) is 3.23. The molecule has 0 atom stereocenters. The van der Waals surface area contributed by atoms with Crippen molar-refractivity contribution in [2.24, 2.45) is 0 Å². The van der Waals surface area contributed by atoms with E-state index in [0.717, 1.165) is 4.90 Å². The Morgan fingerprint density at radius 2 is 1.88 bits per heavy atom. The Bertz CT molecular complexity index is 502. The van der Waals surface area contributed by atoms with E-state index in [2.05, 4.69) is 0 Å². The monoisotopic (exact) mass is 236 g/mol. The number of Topliss-reactive ketones (excluding diaryl/α,β-unsaturated/α-hetero) is 1. The van der Waals surface area contributed by atoms with Gasteiger partial charge in [0.1, 0.15) is 5.82 Å². The van der Waals surface area contributed by atoms with Gasteiger partial charge in [-0.2, -0.15) is 0 Å². The minimum absolute atomic E-state index is 0.106. The minimum atomic E-state index is -0.270. The van der Waals surface area contributed by atoms with Crippen molar-refractivity contribution in [3.8, 4) is 0 Å². The molecule has 2 aromatic rings. The van der Waals surface area contributed by atoms with Crippen LogP contribution in [0.5, 0.6) is 0 Å². The molecule has 1 aromatic heterocycles. The summed E-state index contributed by atoms with van der Waals surface area (Å²) in [6.07, 6.45) is 0. The lowest BCUT2D eigenvalue weighted by Gasteiger charge is -1.97. The molecule has 0 aliphatic carbocycles. The number of rotatable bonds is 3. The van der Waals surface area contributed by atoms with Crippen LogP contribution in [-0.2, 0) is 0 Å². The maximum absolute atomic E-state index is 12.7. The maximum atomic E-state index is 12.7. The molecule has 0 unspecified atom stereocenters. The van der Waals surface area contributed by atoms with E-state index >= 15 is 0 Å². The Hall–Kier alpha value is -1.55. The fourth-order valence-corrected chi connectivity index (χ4v) is 1.96. The molecule has 2 rings (SSSR count). The molecule has 0 N–H and O–H groups in total. The van der Waals surface area contributed by atoms with Gasteiger partial charge in [-0.1, -0.05) is 11.8 Å². The summed E-state index contributed by atoms with van der Waals surface area (Å²) >= 11 is 1.35. The number of ketones is 1. The average molecular weight is 236 g/mol. The van der Waals surface area contributed by atoms with Gasteiger partial charge >= 0.3 is 0 Å². The van der Waals surface area contributed by atoms with Crippen LogP contribution in [0.4, 0.5) is 4.39 Å². The van der Waals surface area contributed by atoms with E-state index < -0.39 is 0 Å². The molecule has 82 valence electrons. The van der Waals surface area contributed by atoms with E-state index in [1.807, 2.05) is 0 Å². The molecule has 0 amide bonds. The predicted molar refractivity (Wildman–Crippen MR) is 59.2 cm³/mol. The summed E-state index contributed by atoms with van der Waals surface area (Å²) in [6, 6.07) is 9.46. The van der Waals surface area contributed by atoms with Crippen LogP contribution in [0.2, 0.25) is 0 Å². The molecule has 0 saturated heterocycles. The third-order valence-electron chi connectivity index (χ3n) is 1.96.